The third-order valence-corrected chi connectivity index (χ3v) is 4.85. The van der Waals surface area contributed by atoms with Crippen LogP contribution in [0.4, 0.5) is 9.80 Å². The first kappa shape index (κ1) is 15.0. The van der Waals surface area contributed by atoms with Crippen molar-refractivity contribution in [2.45, 2.75) is 6.42 Å². The third-order valence-electron chi connectivity index (χ3n) is 3.51. The maximum absolute atomic E-state index is 12.4. The Morgan fingerprint density at radius 3 is 2.68 bits per heavy atom. The van der Waals surface area contributed by atoms with Crippen LogP contribution in [-0.4, -0.2) is 52.3 Å². The van der Waals surface area contributed by atoms with Crippen LogP contribution in [0.3, 0.4) is 0 Å². The molecule has 0 unspecified atom stereocenters. The number of rotatable bonds is 2. The molecule has 1 aliphatic heterocycles. The molecule has 2 aromatic rings. The van der Waals surface area contributed by atoms with Gasteiger partial charge in [-0.1, -0.05) is 0 Å². The smallest absolute Gasteiger partial charge is 0.322 e. The highest BCUT2D eigenvalue weighted by atomic mass is 32.1. The summed E-state index contributed by atoms with van der Waals surface area (Å²) in [6.07, 6.45) is 2.44. The molecular formula is C14H16N4O2S2. The van der Waals surface area contributed by atoms with E-state index in [1.54, 1.807) is 17.2 Å². The predicted molar refractivity (Wildman–Crippen MR) is 87.5 cm³/mol. The SMILES string of the molecule is O=C(Nc1ccns1)N1CCCN(C(=O)c2ccsc2)CC1. The van der Waals surface area contributed by atoms with E-state index in [4.69, 9.17) is 0 Å². The van der Waals surface area contributed by atoms with Crippen LogP contribution in [0, 0.1) is 0 Å². The zero-order valence-electron chi connectivity index (χ0n) is 11.9. The van der Waals surface area contributed by atoms with Gasteiger partial charge >= 0.3 is 6.03 Å². The third kappa shape index (κ3) is 3.45. The van der Waals surface area contributed by atoms with Gasteiger partial charge in [-0.15, -0.1) is 0 Å². The largest absolute Gasteiger partial charge is 0.337 e. The summed E-state index contributed by atoms with van der Waals surface area (Å²) >= 11 is 2.77. The van der Waals surface area contributed by atoms with E-state index in [0.29, 0.717) is 26.2 Å². The molecule has 1 N–H and O–H groups in total. The summed E-state index contributed by atoms with van der Waals surface area (Å²) < 4.78 is 3.96. The van der Waals surface area contributed by atoms with Crippen molar-refractivity contribution in [1.29, 1.82) is 0 Å². The van der Waals surface area contributed by atoms with Crippen molar-refractivity contribution in [2.75, 3.05) is 31.5 Å². The molecule has 2 aromatic heterocycles. The molecule has 22 heavy (non-hydrogen) atoms. The van der Waals surface area contributed by atoms with E-state index in [0.717, 1.165) is 17.0 Å². The molecule has 3 amide bonds. The summed E-state index contributed by atoms with van der Waals surface area (Å²) in [6.45, 7) is 2.43. The van der Waals surface area contributed by atoms with Crippen molar-refractivity contribution in [3.8, 4) is 0 Å². The molecule has 1 aliphatic rings. The Bertz CT molecular complexity index is 627. The van der Waals surface area contributed by atoms with Crippen molar-refractivity contribution >= 4 is 39.8 Å². The topological polar surface area (TPSA) is 65.5 Å². The molecule has 1 fully saturated rings. The Hall–Kier alpha value is -1.93. The van der Waals surface area contributed by atoms with Crippen molar-refractivity contribution in [3.63, 3.8) is 0 Å². The van der Waals surface area contributed by atoms with Crippen LogP contribution in [0.1, 0.15) is 16.8 Å². The highest BCUT2D eigenvalue weighted by Crippen LogP contribution is 2.15. The number of carbonyl (C=O) groups excluding carboxylic acids is 2. The van der Waals surface area contributed by atoms with E-state index in [1.165, 1.54) is 22.9 Å². The summed E-state index contributed by atoms with van der Waals surface area (Å²) in [5.41, 5.74) is 0.729. The van der Waals surface area contributed by atoms with Crippen LogP contribution < -0.4 is 5.32 Å². The van der Waals surface area contributed by atoms with Gasteiger partial charge in [-0.05, 0) is 35.5 Å². The lowest BCUT2D eigenvalue weighted by Gasteiger charge is -2.22. The number of nitrogens with one attached hydrogen (secondary N) is 1. The van der Waals surface area contributed by atoms with E-state index in [2.05, 4.69) is 9.69 Å². The van der Waals surface area contributed by atoms with Gasteiger partial charge < -0.3 is 9.80 Å². The maximum Gasteiger partial charge on any atom is 0.322 e. The Kier molecular flexibility index (Phi) is 4.69. The van der Waals surface area contributed by atoms with Gasteiger partial charge in [0.1, 0.15) is 5.00 Å². The number of anilines is 1. The van der Waals surface area contributed by atoms with Crippen LogP contribution in [0.25, 0.3) is 0 Å². The Morgan fingerprint density at radius 2 is 1.95 bits per heavy atom. The lowest BCUT2D eigenvalue weighted by molar-refractivity contribution is 0.0763. The molecule has 0 atom stereocenters. The lowest BCUT2D eigenvalue weighted by Crippen LogP contribution is -2.39. The van der Waals surface area contributed by atoms with Gasteiger partial charge in [0, 0.05) is 37.8 Å². The van der Waals surface area contributed by atoms with Gasteiger partial charge in [0.2, 0.25) is 0 Å². The average molecular weight is 336 g/mol. The van der Waals surface area contributed by atoms with Crippen LogP contribution in [-0.2, 0) is 0 Å². The Balaban J connectivity index is 1.57. The molecule has 0 radical (unpaired) electrons. The molecular weight excluding hydrogens is 320 g/mol. The zero-order chi connectivity index (χ0) is 15.4. The number of carbonyl (C=O) groups is 2. The van der Waals surface area contributed by atoms with Crippen molar-refractivity contribution < 1.29 is 9.59 Å². The van der Waals surface area contributed by atoms with Crippen LogP contribution in [0.5, 0.6) is 0 Å². The molecule has 3 rings (SSSR count). The first-order valence-corrected chi connectivity index (χ1v) is 8.74. The fraction of sp³-hybridized carbons (Fsp3) is 0.357. The summed E-state index contributed by atoms with van der Waals surface area (Å²) in [4.78, 5) is 28.1. The lowest BCUT2D eigenvalue weighted by atomic mass is 10.3. The maximum atomic E-state index is 12.4. The van der Waals surface area contributed by atoms with Crippen molar-refractivity contribution in [2.24, 2.45) is 0 Å². The number of urea groups is 1. The van der Waals surface area contributed by atoms with Crippen molar-refractivity contribution in [1.82, 2.24) is 14.2 Å². The summed E-state index contributed by atoms with van der Waals surface area (Å²) in [6, 6.07) is 3.48. The zero-order valence-corrected chi connectivity index (χ0v) is 13.5. The van der Waals surface area contributed by atoms with E-state index < -0.39 is 0 Å². The minimum absolute atomic E-state index is 0.0472. The second kappa shape index (κ2) is 6.89. The van der Waals surface area contributed by atoms with Crippen LogP contribution in [0.15, 0.2) is 29.1 Å². The first-order chi connectivity index (χ1) is 10.7. The molecule has 8 heteroatoms. The Morgan fingerprint density at radius 1 is 1.14 bits per heavy atom. The van der Waals surface area contributed by atoms with E-state index >= 15 is 0 Å². The van der Waals surface area contributed by atoms with Crippen LogP contribution >= 0.6 is 22.9 Å². The second-order valence-electron chi connectivity index (χ2n) is 4.95. The summed E-state index contributed by atoms with van der Waals surface area (Å²) in [5.74, 6) is 0.0472. The van der Waals surface area contributed by atoms with Gasteiger partial charge in [0.25, 0.3) is 5.91 Å². The molecule has 0 saturated carbocycles. The standard InChI is InChI=1S/C14H16N4O2S2/c19-13(11-3-9-21-10-11)17-5-1-6-18(8-7-17)14(20)16-12-2-4-15-22-12/h2-4,9-10H,1,5-8H2,(H,16,20). The quantitative estimate of drug-likeness (QED) is 0.917. The van der Waals surface area contributed by atoms with Crippen LogP contribution in [0.2, 0.25) is 0 Å². The van der Waals surface area contributed by atoms with Gasteiger partial charge in [0.05, 0.1) is 5.56 Å². The average Bonchev–Trinajstić information content (AvgIpc) is 3.16. The predicted octanol–water partition coefficient (Wildman–Crippen LogP) is 2.58. The number of hydrogen-bond donors (Lipinski definition) is 1. The van der Waals surface area contributed by atoms with Crippen molar-refractivity contribution in [3.05, 3.63) is 34.7 Å². The molecule has 0 bridgehead atoms. The molecule has 0 aliphatic carbocycles. The molecule has 3 heterocycles. The van der Waals surface area contributed by atoms with E-state index in [9.17, 15) is 9.59 Å². The highest BCUT2D eigenvalue weighted by Gasteiger charge is 2.23. The highest BCUT2D eigenvalue weighted by molar-refractivity contribution is 7.10. The minimum atomic E-state index is -0.130. The molecule has 6 nitrogen and oxygen atoms in total. The van der Waals surface area contributed by atoms with E-state index in [1.807, 2.05) is 21.7 Å². The number of amides is 3. The monoisotopic (exact) mass is 336 g/mol. The Labute approximate surface area is 136 Å². The fourth-order valence-corrected chi connectivity index (χ4v) is 3.48. The van der Waals surface area contributed by atoms with Gasteiger partial charge in [-0.3, -0.25) is 10.1 Å². The number of aromatic nitrogens is 1. The molecule has 116 valence electrons. The molecule has 0 aromatic carbocycles. The number of nitrogens with zero attached hydrogens (tertiary/aromatic N) is 3. The number of thiophene rings is 1. The summed E-state index contributed by atoms with van der Waals surface area (Å²) in [7, 11) is 0. The fourth-order valence-electron chi connectivity index (χ4n) is 2.36. The molecule has 0 spiro atoms. The second-order valence-corrected chi connectivity index (χ2v) is 6.56. The minimum Gasteiger partial charge on any atom is -0.337 e. The summed E-state index contributed by atoms with van der Waals surface area (Å²) in [5, 5.41) is 7.33. The number of hydrogen-bond acceptors (Lipinski definition) is 5. The first-order valence-electron chi connectivity index (χ1n) is 7.02. The normalized spacial score (nSPS) is 15.5. The van der Waals surface area contributed by atoms with Gasteiger partial charge in [0.15, 0.2) is 0 Å². The van der Waals surface area contributed by atoms with E-state index in [-0.39, 0.29) is 11.9 Å². The van der Waals surface area contributed by atoms with Gasteiger partial charge in [-0.25, -0.2) is 4.79 Å². The molecule has 1 saturated heterocycles. The van der Waals surface area contributed by atoms with Gasteiger partial charge in [-0.2, -0.15) is 15.7 Å².